The number of fused-ring (bicyclic) bond motifs is 1. The average molecular weight is 398 g/mol. The van der Waals surface area contributed by atoms with Gasteiger partial charge in [-0.2, -0.15) is 0 Å². The molecule has 1 amide bonds. The van der Waals surface area contributed by atoms with Gasteiger partial charge in [-0.3, -0.25) is 9.59 Å². The first kappa shape index (κ1) is 19.9. The highest BCUT2D eigenvalue weighted by Crippen LogP contribution is 2.16. The number of nitrogens with one attached hydrogen (secondary N) is 1. The van der Waals surface area contributed by atoms with Gasteiger partial charge >= 0.3 is 0 Å². The number of nitrogens with zero attached hydrogens (tertiary/aromatic N) is 2. The average Bonchev–Trinajstić information content (AvgIpc) is 2.72. The molecule has 0 atom stereocenters. The minimum absolute atomic E-state index is 0.140. The fourth-order valence-electron chi connectivity index (χ4n) is 2.83. The lowest BCUT2D eigenvalue weighted by Crippen LogP contribution is -2.26. The van der Waals surface area contributed by atoms with E-state index in [4.69, 9.17) is 4.74 Å². The number of rotatable bonds is 8. The van der Waals surface area contributed by atoms with Crippen molar-refractivity contribution in [2.45, 2.75) is 32.0 Å². The smallest absolute Gasteiger partial charge is 0.283 e. The number of carbonyl (C=O) groups excluding carboxylic acids is 1. The Hall–Kier alpha value is -2.80. The van der Waals surface area contributed by atoms with Crippen LogP contribution in [0.1, 0.15) is 19.4 Å². The summed E-state index contributed by atoms with van der Waals surface area (Å²) in [6.45, 7) is 5.46. The molecule has 146 valence electrons. The Morgan fingerprint density at radius 2 is 1.89 bits per heavy atom. The van der Waals surface area contributed by atoms with Crippen molar-refractivity contribution in [3.05, 3.63) is 64.4 Å². The van der Waals surface area contributed by atoms with Gasteiger partial charge in [0.25, 0.3) is 5.56 Å². The van der Waals surface area contributed by atoms with Crippen LogP contribution >= 0.6 is 11.8 Å². The fourth-order valence-corrected chi connectivity index (χ4v) is 3.60. The van der Waals surface area contributed by atoms with Gasteiger partial charge in [0.05, 0.1) is 23.4 Å². The van der Waals surface area contributed by atoms with Crippen LogP contribution in [0.25, 0.3) is 11.0 Å². The Labute approximate surface area is 167 Å². The van der Waals surface area contributed by atoms with Crippen molar-refractivity contribution in [3.63, 3.8) is 0 Å². The lowest BCUT2D eigenvalue weighted by atomic mass is 10.2. The fraction of sp³-hybridized carbons (Fsp3) is 0.286. The molecule has 2 aromatic carbocycles. The van der Waals surface area contributed by atoms with Gasteiger partial charge in [0.1, 0.15) is 5.75 Å². The number of aromatic nitrogens is 2. The van der Waals surface area contributed by atoms with E-state index in [1.54, 1.807) is 4.57 Å². The molecule has 1 aromatic heterocycles. The third-order valence-electron chi connectivity index (χ3n) is 4.20. The summed E-state index contributed by atoms with van der Waals surface area (Å²) in [7, 11) is 0. The zero-order valence-electron chi connectivity index (χ0n) is 16.0. The highest BCUT2D eigenvalue weighted by Gasteiger charge is 2.12. The number of amides is 1. The maximum Gasteiger partial charge on any atom is 0.283 e. The molecule has 0 unspecified atom stereocenters. The van der Waals surface area contributed by atoms with Crippen LogP contribution in [-0.2, 0) is 17.9 Å². The second-order valence-electron chi connectivity index (χ2n) is 6.10. The molecule has 28 heavy (non-hydrogen) atoms. The Morgan fingerprint density at radius 3 is 2.61 bits per heavy atom. The van der Waals surface area contributed by atoms with Crippen LogP contribution in [0, 0.1) is 0 Å². The third kappa shape index (κ3) is 4.72. The van der Waals surface area contributed by atoms with E-state index < -0.39 is 0 Å². The van der Waals surface area contributed by atoms with Gasteiger partial charge in [0, 0.05) is 13.1 Å². The molecule has 6 nitrogen and oxygen atoms in total. The molecular formula is C21H23N3O3S. The molecule has 0 fully saturated rings. The third-order valence-corrected chi connectivity index (χ3v) is 5.15. The summed E-state index contributed by atoms with van der Waals surface area (Å²) in [4.78, 5) is 29.3. The number of carbonyl (C=O) groups is 1. The Balaban J connectivity index is 1.61. The van der Waals surface area contributed by atoms with Crippen LogP contribution in [0.5, 0.6) is 5.75 Å². The summed E-state index contributed by atoms with van der Waals surface area (Å²) in [6, 6.07) is 15.1. The zero-order chi connectivity index (χ0) is 19.9. The Bertz CT molecular complexity index is 1020. The van der Waals surface area contributed by atoms with Crippen molar-refractivity contribution < 1.29 is 9.53 Å². The molecule has 7 heteroatoms. The van der Waals surface area contributed by atoms with Crippen LogP contribution in [-0.4, -0.2) is 27.8 Å². The maximum atomic E-state index is 12.6. The topological polar surface area (TPSA) is 73.2 Å². The van der Waals surface area contributed by atoms with E-state index in [-0.39, 0.29) is 17.2 Å². The first-order chi connectivity index (χ1) is 13.6. The molecule has 0 radical (unpaired) electrons. The molecule has 0 aliphatic carbocycles. The number of benzene rings is 2. The predicted molar refractivity (Wildman–Crippen MR) is 112 cm³/mol. The lowest BCUT2D eigenvalue weighted by Gasteiger charge is -2.10. The number of thioether (sulfide) groups is 1. The highest BCUT2D eigenvalue weighted by molar-refractivity contribution is 7.99. The van der Waals surface area contributed by atoms with E-state index in [1.807, 2.05) is 62.4 Å². The van der Waals surface area contributed by atoms with Gasteiger partial charge in [-0.1, -0.05) is 36.0 Å². The first-order valence-corrected chi connectivity index (χ1v) is 10.2. The largest absolute Gasteiger partial charge is 0.494 e. The molecule has 0 aliphatic rings. The molecule has 0 spiro atoms. The molecule has 0 aliphatic heterocycles. The summed E-state index contributed by atoms with van der Waals surface area (Å²) in [5, 5.41) is 3.21. The van der Waals surface area contributed by atoms with Gasteiger partial charge < -0.3 is 14.6 Å². The SMILES string of the molecule is CCOc1ccc(CNC(=O)CSc2nc3ccccc3n(CC)c2=O)cc1. The second kappa shape index (κ2) is 9.41. The summed E-state index contributed by atoms with van der Waals surface area (Å²) in [6.07, 6.45) is 0. The van der Waals surface area contributed by atoms with Crippen LogP contribution in [0.4, 0.5) is 0 Å². The van der Waals surface area contributed by atoms with Crippen LogP contribution in [0.2, 0.25) is 0 Å². The number of ether oxygens (including phenoxy) is 1. The quantitative estimate of drug-likeness (QED) is 0.591. The van der Waals surface area contributed by atoms with Crippen LogP contribution in [0.15, 0.2) is 58.4 Å². The van der Waals surface area contributed by atoms with E-state index in [0.717, 1.165) is 22.3 Å². The number of aryl methyl sites for hydroxylation is 1. The van der Waals surface area contributed by atoms with E-state index >= 15 is 0 Å². The Morgan fingerprint density at radius 1 is 1.14 bits per heavy atom. The number of hydrogen-bond acceptors (Lipinski definition) is 5. The summed E-state index contributed by atoms with van der Waals surface area (Å²) < 4.78 is 7.09. The van der Waals surface area contributed by atoms with Gasteiger partial charge in [-0.05, 0) is 43.7 Å². The van der Waals surface area contributed by atoms with Crippen molar-refractivity contribution in [1.29, 1.82) is 0 Å². The van der Waals surface area contributed by atoms with Crippen molar-refractivity contribution in [1.82, 2.24) is 14.9 Å². The maximum absolute atomic E-state index is 12.6. The molecular weight excluding hydrogens is 374 g/mol. The molecule has 0 bridgehead atoms. The van der Waals surface area contributed by atoms with Gasteiger partial charge in [0.15, 0.2) is 5.03 Å². The molecule has 1 heterocycles. The van der Waals surface area contributed by atoms with Crippen LogP contribution < -0.4 is 15.6 Å². The summed E-state index contributed by atoms with van der Waals surface area (Å²) >= 11 is 1.17. The van der Waals surface area contributed by atoms with Crippen molar-refractivity contribution in [2.24, 2.45) is 0 Å². The molecule has 0 saturated heterocycles. The van der Waals surface area contributed by atoms with Crippen molar-refractivity contribution >= 4 is 28.7 Å². The summed E-state index contributed by atoms with van der Waals surface area (Å²) in [5.41, 5.74) is 2.38. The molecule has 3 rings (SSSR count). The first-order valence-electron chi connectivity index (χ1n) is 9.23. The molecule has 0 saturated carbocycles. The lowest BCUT2D eigenvalue weighted by molar-refractivity contribution is -0.118. The van der Waals surface area contributed by atoms with E-state index in [1.165, 1.54) is 11.8 Å². The Kier molecular flexibility index (Phi) is 6.71. The normalized spacial score (nSPS) is 10.8. The second-order valence-corrected chi connectivity index (χ2v) is 7.06. The zero-order valence-corrected chi connectivity index (χ0v) is 16.8. The minimum atomic E-state index is -0.162. The van der Waals surface area contributed by atoms with Gasteiger partial charge in [0.2, 0.25) is 5.91 Å². The van der Waals surface area contributed by atoms with Crippen molar-refractivity contribution in [3.8, 4) is 5.75 Å². The number of para-hydroxylation sites is 2. The highest BCUT2D eigenvalue weighted by atomic mass is 32.2. The van der Waals surface area contributed by atoms with Crippen LogP contribution in [0.3, 0.4) is 0 Å². The number of hydrogen-bond donors (Lipinski definition) is 1. The molecule has 3 aromatic rings. The standard InChI is InChI=1S/C21H23N3O3S/c1-3-24-18-8-6-5-7-17(18)23-20(21(24)26)28-14-19(25)22-13-15-9-11-16(12-10-15)27-4-2/h5-12H,3-4,13-14H2,1-2H3,(H,22,25). The van der Waals surface area contributed by atoms with Gasteiger partial charge in [-0.15, -0.1) is 0 Å². The van der Waals surface area contributed by atoms with Crippen molar-refractivity contribution in [2.75, 3.05) is 12.4 Å². The van der Waals surface area contributed by atoms with E-state index in [9.17, 15) is 9.59 Å². The minimum Gasteiger partial charge on any atom is -0.494 e. The van der Waals surface area contributed by atoms with Gasteiger partial charge in [-0.25, -0.2) is 4.98 Å². The predicted octanol–water partition coefficient (Wildman–Crippen LogP) is 3.22. The van der Waals surface area contributed by atoms with E-state index in [0.29, 0.717) is 24.7 Å². The summed E-state index contributed by atoms with van der Waals surface area (Å²) in [5.74, 6) is 0.806. The van der Waals surface area contributed by atoms with E-state index in [2.05, 4.69) is 10.3 Å². The molecule has 1 N–H and O–H groups in total. The monoisotopic (exact) mass is 397 g/mol.